The lowest BCUT2D eigenvalue weighted by Gasteiger charge is -2.49. The molecule has 41 heavy (non-hydrogen) atoms. The normalized spacial score (nSPS) is 19.5. The molecule has 18 heteroatoms. The molecule has 0 aromatic carbocycles. The maximum Gasteiger partial charge on any atom is 0.352 e. The van der Waals surface area contributed by atoms with E-state index in [-0.39, 0.29) is 33.2 Å². The summed E-state index contributed by atoms with van der Waals surface area (Å²) in [4.78, 5) is 62.9. The number of nitrogens with two attached hydrogens (primary N) is 2. The molecule has 3 aromatic heterocycles. The Morgan fingerprint density at radius 3 is 2.80 bits per heavy atom. The quantitative estimate of drug-likeness (QED) is 0.0826. The monoisotopic (exact) mass is 621 g/mol. The van der Waals surface area contributed by atoms with Crippen LogP contribution in [0.5, 0.6) is 0 Å². The summed E-state index contributed by atoms with van der Waals surface area (Å²) in [5.41, 5.74) is 12.8. The second-order valence-electron chi connectivity index (χ2n) is 8.98. The number of carboxylic acid groups (broad SMARTS) is 2. The Kier molecular flexibility index (Phi) is 7.50. The topological polar surface area (TPSA) is 230 Å². The SMILES string of the molecule is C[C@H](ON=C(C(=O)N[C@@H]1C(=O)N2C(C(=O)O)=C(C[n+]3cccc4[nH]c(N)cc43)CSC12)c1nc(N)sc1Cl)C(=O)O. The van der Waals surface area contributed by atoms with Gasteiger partial charge in [0.05, 0.1) is 6.07 Å². The van der Waals surface area contributed by atoms with Gasteiger partial charge in [-0.3, -0.25) is 14.5 Å². The molecule has 0 bridgehead atoms. The number of carbonyl (C=O) groups excluding carboxylic acids is 2. The molecule has 1 saturated heterocycles. The Morgan fingerprint density at radius 2 is 2.15 bits per heavy atom. The second kappa shape index (κ2) is 10.9. The number of hydrogen-bond donors (Lipinski definition) is 6. The number of halogens is 1. The Morgan fingerprint density at radius 1 is 1.39 bits per heavy atom. The zero-order valence-electron chi connectivity index (χ0n) is 21.0. The Hall–Kier alpha value is -4.35. The summed E-state index contributed by atoms with van der Waals surface area (Å²) in [5.74, 6) is -3.49. The fourth-order valence-corrected chi connectivity index (χ4v) is 6.62. The summed E-state index contributed by atoms with van der Waals surface area (Å²) in [6.45, 7) is 1.39. The van der Waals surface area contributed by atoms with Gasteiger partial charge in [-0.15, -0.1) is 11.8 Å². The van der Waals surface area contributed by atoms with Crippen molar-refractivity contribution in [3.05, 3.63) is 45.7 Å². The molecule has 15 nitrogen and oxygen atoms in total. The first kappa shape index (κ1) is 28.2. The predicted molar refractivity (Wildman–Crippen MR) is 149 cm³/mol. The standard InChI is InChI=1S/C23H21ClN8O7S2/c1-8(21(35)36)39-30-14(13-17(24)41-23(26)29-13)18(33)28-15-19(34)32-16(22(37)38)9(7-40-20(15)32)6-31-4-2-3-10-11(31)5-12(25)27-10/h2-5,8,15,20H,6-7H2,1H3,(H7,25,26,27,28,29,33,35,36,37,38)/p+1/t8-,15+,20?/m0/s1. The Labute approximate surface area is 243 Å². The molecule has 1 unspecified atom stereocenters. The first-order chi connectivity index (χ1) is 19.5. The van der Waals surface area contributed by atoms with E-state index in [1.807, 2.05) is 10.6 Å². The van der Waals surface area contributed by atoms with Crippen LogP contribution in [0.2, 0.25) is 4.34 Å². The fraction of sp³-hybridized carbons (Fsp3) is 0.261. The lowest BCUT2D eigenvalue weighted by atomic mass is 10.0. The van der Waals surface area contributed by atoms with Crippen molar-refractivity contribution in [1.29, 1.82) is 0 Å². The van der Waals surface area contributed by atoms with Gasteiger partial charge in [-0.25, -0.2) is 14.6 Å². The number of β-lactam (4-membered cyclic amide) rings is 1. The second-order valence-corrected chi connectivity index (χ2v) is 11.7. The number of aliphatic carboxylic acids is 2. The van der Waals surface area contributed by atoms with Crippen molar-refractivity contribution in [1.82, 2.24) is 20.2 Å². The van der Waals surface area contributed by atoms with Crippen molar-refractivity contribution in [2.45, 2.75) is 31.0 Å². The van der Waals surface area contributed by atoms with Crippen molar-refractivity contribution < 1.29 is 38.8 Å². The number of amides is 2. The number of H-pyrrole nitrogens is 1. The Balaban J connectivity index is 1.39. The first-order valence-electron chi connectivity index (χ1n) is 11.8. The summed E-state index contributed by atoms with van der Waals surface area (Å²) in [7, 11) is 0. The van der Waals surface area contributed by atoms with Crippen LogP contribution in [-0.4, -0.2) is 77.8 Å². The molecule has 5 rings (SSSR count). The highest BCUT2D eigenvalue weighted by Crippen LogP contribution is 2.40. The molecule has 214 valence electrons. The number of hydrogen-bond acceptors (Lipinski definition) is 11. The highest BCUT2D eigenvalue weighted by Gasteiger charge is 2.55. The minimum absolute atomic E-state index is 0.00554. The van der Waals surface area contributed by atoms with Crippen molar-refractivity contribution >= 4 is 86.1 Å². The third kappa shape index (κ3) is 5.25. The largest absolute Gasteiger partial charge is 0.478 e. The molecule has 3 atom stereocenters. The maximum absolute atomic E-state index is 13.2. The van der Waals surface area contributed by atoms with Gasteiger partial charge in [0, 0.05) is 17.4 Å². The van der Waals surface area contributed by atoms with Crippen molar-refractivity contribution in [3.8, 4) is 0 Å². The highest BCUT2D eigenvalue weighted by molar-refractivity contribution is 8.00. The van der Waals surface area contributed by atoms with E-state index in [0.717, 1.165) is 27.3 Å². The molecular weight excluding hydrogens is 600 g/mol. The zero-order valence-corrected chi connectivity index (χ0v) is 23.4. The van der Waals surface area contributed by atoms with E-state index in [1.54, 1.807) is 18.3 Å². The molecular formula is C23H22ClN8O7S2+. The molecule has 0 spiro atoms. The van der Waals surface area contributed by atoms with Gasteiger partial charge in [-0.2, -0.15) is 4.57 Å². The van der Waals surface area contributed by atoms with Gasteiger partial charge in [-0.1, -0.05) is 28.1 Å². The number of carbonyl (C=O) groups is 4. The lowest BCUT2D eigenvalue weighted by molar-refractivity contribution is -0.663. The number of rotatable bonds is 9. The number of pyridine rings is 1. The van der Waals surface area contributed by atoms with Gasteiger partial charge in [0.25, 0.3) is 11.8 Å². The van der Waals surface area contributed by atoms with Crippen molar-refractivity contribution in [2.24, 2.45) is 5.16 Å². The summed E-state index contributed by atoms with van der Waals surface area (Å²) in [6, 6.07) is 4.25. The number of aromatic nitrogens is 3. The van der Waals surface area contributed by atoms with Crippen LogP contribution in [0.25, 0.3) is 11.0 Å². The number of aromatic amines is 1. The third-order valence-electron chi connectivity index (χ3n) is 6.27. The molecule has 8 N–H and O–H groups in total. The number of thioether (sulfide) groups is 1. The first-order valence-corrected chi connectivity index (χ1v) is 14.1. The maximum atomic E-state index is 13.2. The van der Waals surface area contributed by atoms with Crippen LogP contribution >= 0.6 is 34.7 Å². The van der Waals surface area contributed by atoms with E-state index in [4.69, 9.17) is 33.0 Å². The summed E-state index contributed by atoms with van der Waals surface area (Å²) >= 11 is 8.28. The predicted octanol–water partition coefficient (Wildman–Crippen LogP) is 0.362. The minimum Gasteiger partial charge on any atom is -0.478 e. The van der Waals surface area contributed by atoms with Gasteiger partial charge < -0.3 is 36.8 Å². The molecule has 3 aromatic rings. The van der Waals surface area contributed by atoms with E-state index in [0.29, 0.717) is 11.4 Å². The van der Waals surface area contributed by atoms with Crippen molar-refractivity contribution in [2.75, 3.05) is 17.2 Å². The van der Waals surface area contributed by atoms with E-state index in [1.165, 1.54) is 18.7 Å². The number of fused-ring (bicyclic) bond motifs is 2. The number of nitrogens with one attached hydrogen (secondary N) is 2. The van der Waals surface area contributed by atoms with Crippen LogP contribution in [0.15, 0.2) is 40.8 Å². The molecule has 2 aliphatic rings. The summed E-state index contributed by atoms with van der Waals surface area (Å²) in [5, 5.41) is 24.6. The third-order valence-corrected chi connectivity index (χ3v) is 8.70. The van der Waals surface area contributed by atoms with Crippen LogP contribution in [0.3, 0.4) is 0 Å². The number of oxime groups is 1. The molecule has 0 saturated carbocycles. The van der Waals surface area contributed by atoms with Crippen molar-refractivity contribution in [3.63, 3.8) is 0 Å². The lowest BCUT2D eigenvalue weighted by Crippen LogP contribution is -2.71. The zero-order chi connectivity index (χ0) is 29.6. The number of carboxylic acids is 2. The van der Waals surface area contributed by atoms with Gasteiger partial charge >= 0.3 is 11.9 Å². The van der Waals surface area contributed by atoms with Crippen LogP contribution in [0.4, 0.5) is 10.9 Å². The van der Waals surface area contributed by atoms with E-state index in [9.17, 15) is 24.3 Å². The van der Waals surface area contributed by atoms with Gasteiger partial charge in [0.1, 0.15) is 38.5 Å². The van der Waals surface area contributed by atoms with E-state index < -0.39 is 47.0 Å². The van der Waals surface area contributed by atoms with E-state index >= 15 is 0 Å². The summed E-state index contributed by atoms with van der Waals surface area (Å²) in [6.07, 6.45) is 0.375. The average Bonchev–Trinajstić information content (AvgIpc) is 3.47. The van der Waals surface area contributed by atoms with Gasteiger partial charge in [0.15, 0.2) is 23.6 Å². The number of anilines is 2. The van der Waals surface area contributed by atoms with Crippen LogP contribution in [0, 0.1) is 0 Å². The molecule has 5 heterocycles. The Bertz CT molecular complexity index is 1670. The fourth-order valence-electron chi connectivity index (χ4n) is 4.36. The average molecular weight is 622 g/mol. The molecule has 2 aliphatic heterocycles. The smallest absolute Gasteiger partial charge is 0.352 e. The van der Waals surface area contributed by atoms with Gasteiger partial charge in [-0.05, 0) is 13.0 Å². The molecule has 0 aliphatic carbocycles. The number of nitrogens with zero attached hydrogens (tertiary/aromatic N) is 4. The van der Waals surface area contributed by atoms with Crippen LogP contribution in [-0.2, 0) is 30.6 Å². The molecule has 2 amide bonds. The minimum atomic E-state index is -1.41. The molecule has 1 fully saturated rings. The van der Waals surface area contributed by atoms with Crippen LogP contribution < -0.4 is 21.4 Å². The van der Waals surface area contributed by atoms with Gasteiger partial charge in [0.2, 0.25) is 11.6 Å². The molecule has 0 radical (unpaired) electrons. The number of thiazole rings is 1. The number of nitrogen functional groups attached to an aromatic ring is 2. The van der Waals surface area contributed by atoms with Crippen LogP contribution in [0.1, 0.15) is 12.6 Å². The summed E-state index contributed by atoms with van der Waals surface area (Å²) < 4.78 is 1.82. The van der Waals surface area contributed by atoms with E-state index in [2.05, 4.69) is 20.4 Å². The highest BCUT2D eigenvalue weighted by atomic mass is 35.5.